The van der Waals surface area contributed by atoms with Gasteiger partial charge in [-0.1, -0.05) is 47.0 Å². The number of rotatable bonds is 2. The zero-order valence-corrected chi connectivity index (χ0v) is 15.0. The molecule has 16 heavy (non-hydrogen) atoms. The van der Waals surface area contributed by atoms with Crippen LogP contribution in [0.3, 0.4) is 0 Å². The average molecular weight is 361 g/mol. The van der Waals surface area contributed by atoms with E-state index in [1.54, 1.807) is 47.0 Å². The molecular weight excluding hydrogens is 353 g/mol. The third kappa shape index (κ3) is 3.12. The van der Waals surface area contributed by atoms with Gasteiger partial charge >= 0.3 is 0 Å². The Morgan fingerprint density at radius 3 is 1.38 bits per heavy atom. The standard InChI is InChI=1S/C8H8S8/c1-11-5-3(9)13-7(15-5)8-14-4(10)6(12-2)16-8/h9-10H,1-2H3/b8-7+. The summed E-state index contributed by atoms with van der Waals surface area (Å²) in [5, 5.41) is 0. The summed E-state index contributed by atoms with van der Waals surface area (Å²) >= 11 is 19.7. The topological polar surface area (TPSA) is 0 Å². The summed E-state index contributed by atoms with van der Waals surface area (Å²) in [6.45, 7) is 0. The van der Waals surface area contributed by atoms with Crippen LogP contribution in [0, 0.1) is 0 Å². The molecule has 8 heteroatoms. The van der Waals surface area contributed by atoms with Crippen LogP contribution in [0.4, 0.5) is 0 Å². The third-order valence-corrected chi connectivity index (χ3v) is 11.1. The molecule has 0 amide bonds. The Balaban J connectivity index is 2.13. The zero-order chi connectivity index (χ0) is 11.7. The van der Waals surface area contributed by atoms with Crippen molar-refractivity contribution in [3.8, 4) is 0 Å². The largest absolute Gasteiger partial charge is 0.135 e. The van der Waals surface area contributed by atoms with Crippen LogP contribution in [0.25, 0.3) is 0 Å². The smallest absolute Gasteiger partial charge is 0.0717 e. The number of hydrogen-bond donors (Lipinski definition) is 2. The van der Waals surface area contributed by atoms with Crippen LogP contribution in [-0.2, 0) is 0 Å². The molecule has 0 atom stereocenters. The van der Waals surface area contributed by atoms with E-state index in [0.717, 1.165) is 8.47 Å². The second kappa shape index (κ2) is 6.45. The number of hydrogen-bond acceptors (Lipinski definition) is 8. The van der Waals surface area contributed by atoms with Gasteiger partial charge in [0.25, 0.3) is 0 Å². The summed E-state index contributed by atoms with van der Waals surface area (Å²) in [6, 6.07) is 0. The molecule has 0 fully saturated rings. The summed E-state index contributed by atoms with van der Waals surface area (Å²) in [5.41, 5.74) is 0. The SMILES string of the molecule is CSC1=C(S)S/C(=C2/SC(S)=C(SC)S2)S1. The Hall–Kier alpha value is 2.02. The maximum Gasteiger partial charge on any atom is 0.0717 e. The molecule has 0 bridgehead atoms. The van der Waals surface area contributed by atoms with Gasteiger partial charge in [0.15, 0.2) is 0 Å². The first kappa shape index (κ1) is 14.4. The highest BCUT2D eigenvalue weighted by atomic mass is 32.3. The Morgan fingerprint density at radius 1 is 0.750 bits per heavy atom. The van der Waals surface area contributed by atoms with Crippen molar-refractivity contribution in [2.45, 2.75) is 0 Å². The molecule has 0 aliphatic carbocycles. The summed E-state index contributed by atoms with van der Waals surface area (Å²) in [6.07, 6.45) is 4.19. The fourth-order valence-corrected chi connectivity index (χ4v) is 9.50. The highest BCUT2D eigenvalue weighted by Crippen LogP contribution is 2.63. The second-order valence-electron chi connectivity index (χ2n) is 2.58. The number of thiol groups is 2. The molecular formula is C8H8S8. The molecule has 0 nitrogen and oxygen atoms in total. The molecule has 2 rings (SSSR count). The first-order valence-electron chi connectivity index (χ1n) is 4.05. The maximum atomic E-state index is 4.50. The minimum absolute atomic E-state index is 1.12. The molecule has 0 N–H and O–H groups in total. The lowest BCUT2D eigenvalue weighted by atomic mass is 11.2. The Labute approximate surface area is 132 Å². The molecule has 0 radical (unpaired) electrons. The fourth-order valence-electron chi connectivity index (χ4n) is 0.981. The molecule has 0 aromatic carbocycles. The predicted molar refractivity (Wildman–Crippen MR) is 96.4 cm³/mol. The molecule has 0 aromatic rings. The normalized spacial score (nSPS) is 26.2. The van der Waals surface area contributed by atoms with Crippen LogP contribution in [0.1, 0.15) is 0 Å². The van der Waals surface area contributed by atoms with Crippen molar-refractivity contribution < 1.29 is 0 Å². The quantitative estimate of drug-likeness (QED) is 0.583. The van der Waals surface area contributed by atoms with E-state index in [1.807, 2.05) is 23.5 Å². The van der Waals surface area contributed by atoms with E-state index in [1.165, 1.54) is 16.9 Å². The lowest BCUT2D eigenvalue weighted by Gasteiger charge is -2.00. The monoisotopic (exact) mass is 360 g/mol. The predicted octanol–water partition coefficient (Wildman–Crippen LogP) is 5.91. The van der Waals surface area contributed by atoms with E-state index < -0.39 is 0 Å². The lowest BCUT2D eigenvalue weighted by molar-refractivity contribution is 2.34. The van der Waals surface area contributed by atoms with Crippen LogP contribution in [0.15, 0.2) is 25.4 Å². The molecule has 2 heterocycles. The van der Waals surface area contributed by atoms with Gasteiger partial charge in [0.05, 0.1) is 25.4 Å². The number of thioether (sulfide) groups is 6. The van der Waals surface area contributed by atoms with E-state index in [0.29, 0.717) is 0 Å². The van der Waals surface area contributed by atoms with E-state index in [4.69, 9.17) is 0 Å². The Kier molecular flexibility index (Phi) is 5.82. The van der Waals surface area contributed by atoms with Gasteiger partial charge in [0.2, 0.25) is 0 Å². The molecule has 0 unspecified atom stereocenters. The van der Waals surface area contributed by atoms with Crippen LogP contribution in [-0.4, -0.2) is 12.5 Å². The van der Waals surface area contributed by atoms with Crippen molar-refractivity contribution in [2.24, 2.45) is 0 Å². The van der Waals surface area contributed by atoms with Crippen molar-refractivity contribution in [1.82, 2.24) is 0 Å². The van der Waals surface area contributed by atoms with E-state index in [9.17, 15) is 0 Å². The first-order valence-corrected chi connectivity index (χ1v) is 10.7. The van der Waals surface area contributed by atoms with E-state index in [2.05, 4.69) is 37.8 Å². The zero-order valence-electron chi connectivity index (χ0n) is 8.34. The van der Waals surface area contributed by atoms with Crippen molar-refractivity contribution in [3.63, 3.8) is 0 Å². The Morgan fingerprint density at radius 2 is 1.12 bits per heavy atom. The minimum Gasteiger partial charge on any atom is -0.135 e. The van der Waals surface area contributed by atoms with Gasteiger partial charge in [-0.3, -0.25) is 0 Å². The van der Waals surface area contributed by atoms with E-state index in [-0.39, 0.29) is 0 Å². The second-order valence-corrected chi connectivity index (χ2v) is 10.8. The van der Waals surface area contributed by atoms with Crippen LogP contribution in [0.2, 0.25) is 0 Å². The first-order chi connectivity index (χ1) is 7.65. The molecule has 2 aliphatic heterocycles. The van der Waals surface area contributed by atoms with Gasteiger partial charge in [-0.15, -0.1) is 48.8 Å². The summed E-state index contributed by atoms with van der Waals surface area (Å²) in [7, 11) is 0. The highest BCUT2D eigenvalue weighted by Gasteiger charge is 2.27. The lowest BCUT2D eigenvalue weighted by Crippen LogP contribution is -1.66. The molecule has 0 saturated carbocycles. The van der Waals surface area contributed by atoms with Gasteiger partial charge in [0.1, 0.15) is 0 Å². The Bertz CT molecular complexity index is 366. The summed E-state index contributed by atoms with van der Waals surface area (Å²) < 4.78 is 7.55. The van der Waals surface area contributed by atoms with E-state index >= 15 is 0 Å². The molecule has 0 aromatic heterocycles. The van der Waals surface area contributed by atoms with Gasteiger partial charge < -0.3 is 0 Å². The minimum atomic E-state index is 1.12. The fraction of sp³-hybridized carbons (Fsp3) is 0.250. The van der Waals surface area contributed by atoms with Crippen LogP contribution >= 0.6 is 95.8 Å². The van der Waals surface area contributed by atoms with Crippen LogP contribution < -0.4 is 0 Å². The molecule has 2 aliphatic rings. The third-order valence-electron chi connectivity index (χ3n) is 1.64. The summed E-state index contributed by atoms with van der Waals surface area (Å²) in [5.74, 6) is 0. The average Bonchev–Trinajstić information content (AvgIpc) is 2.81. The van der Waals surface area contributed by atoms with Gasteiger partial charge in [-0.25, -0.2) is 0 Å². The highest BCUT2D eigenvalue weighted by molar-refractivity contribution is 8.43. The van der Waals surface area contributed by atoms with Crippen molar-refractivity contribution in [3.05, 3.63) is 25.4 Å². The van der Waals surface area contributed by atoms with Gasteiger partial charge in [-0.2, -0.15) is 0 Å². The molecule has 0 saturated heterocycles. The van der Waals surface area contributed by atoms with Crippen LogP contribution in [0.5, 0.6) is 0 Å². The molecule has 88 valence electrons. The summed E-state index contributed by atoms with van der Waals surface area (Å²) in [4.78, 5) is 0. The van der Waals surface area contributed by atoms with Crippen molar-refractivity contribution in [2.75, 3.05) is 12.5 Å². The van der Waals surface area contributed by atoms with Gasteiger partial charge in [-0.05, 0) is 12.5 Å². The molecule has 0 spiro atoms. The maximum absolute atomic E-state index is 4.50. The van der Waals surface area contributed by atoms with Crippen molar-refractivity contribution >= 4 is 95.8 Å². The van der Waals surface area contributed by atoms with Gasteiger partial charge in [0, 0.05) is 0 Å². The van der Waals surface area contributed by atoms with Crippen molar-refractivity contribution in [1.29, 1.82) is 0 Å².